The van der Waals surface area contributed by atoms with Crippen LogP contribution < -0.4 is 37.9 Å². The molecule has 0 saturated carbocycles. The molecule has 0 aromatic heterocycles. The molecule has 0 amide bonds. The van der Waals surface area contributed by atoms with Crippen LogP contribution >= 0.6 is 0 Å². The molecule has 8 fully saturated rings. The predicted molar refractivity (Wildman–Crippen MR) is 579 cm³/mol. The maximum Gasteiger partial charge on any atom is 0.126 e. The van der Waals surface area contributed by atoms with Crippen molar-refractivity contribution < 1.29 is 75.8 Å². The highest BCUT2D eigenvalue weighted by molar-refractivity contribution is 5.64. The summed E-state index contributed by atoms with van der Waals surface area (Å²) in [5, 5.41) is 0. The van der Waals surface area contributed by atoms with Crippen LogP contribution in [0.3, 0.4) is 0 Å². The van der Waals surface area contributed by atoms with Crippen LogP contribution in [0.1, 0.15) is 355 Å². The van der Waals surface area contributed by atoms with Gasteiger partial charge in [-0.3, -0.25) is 0 Å². The number of rotatable bonds is 24. The van der Waals surface area contributed by atoms with Crippen LogP contribution in [0.15, 0.2) is 97.1 Å². The average Bonchev–Trinajstić information content (AvgIpc) is 0.758. The summed E-state index contributed by atoms with van der Waals surface area (Å²) in [4.78, 5) is 0. The normalized spacial score (nSPS) is 20.0. The van der Waals surface area contributed by atoms with Gasteiger partial charge in [-0.25, -0.2) is 0 Å². The molecule has 8 aliphatic heterocycles. The van der Waals surface area contributed by atoms with Gasteiger partial charge in [0.1, 0.15) is 46.0 Å². The summed E-state index contributed by atoms with van der Waals surface area (Å²) in [6, 6.07) is 39.5. The molecule has 17 rings (SSSR count). The van der Waals surface area contributed by atoms with Crippen LogP contribution in [0.2, 0.25) is 0 Å². The lowest BCUT2D eigenvalue weighted by molar-refractivity contribution is -0.120. The van der Waals surface area contributed by atoms with Crippen molar-refractivity contribution >= 4 is 0 Å². The number of benzene rings is 8. The maximum atomic E-state index is 7.84. The van der Waals surface area contributed by atoms with Gasteiger partial charge in [0.15, 0.2) is 0 Å². The lowest BCUT2D eigenvalue weighted by Crippen LogP contribution is -2.44. The summed E-state index contributed by atoms with van der Waals surface area (Å²) < 4.78 is 112. The van der Waals surface area contributed by atoms with E-state index in [1.54, 1.807) is 0 Å². The van der Waals surface area contributed by atoms with Gasteiger partial charge in [-0.2, -0.15) is 0 Å². The lowest BCUT2D eigenvalue weighted by Gasteiger charge is -2.39. The minimum absolute atomic E-state index is 0.224. The fraction of sp³-hybridized carbons (Fsp3) is 0.625. The van der Waals surface area contributed by atoms with Crippen LogP contribution in [0.5, 0.6) is 46.0 Å². The van der Waals surface area contributed by atoms with Crippen molar-refractivity contribution in [3.8, 4) is 46.0 Å². The summed E-state index contributed by atoms with van der Waals surface area (Å²) in [6.07, 6.45) is 3.98. The molecule has 0 atom stereocenters. The standard InChI is InChI=1S/C128H176O16/c1-113(2,3)97-41-81-33-83-43-98(114(4,5)6)45-85(106(83)138-74-122(26)59-130-60-122)35-87-47-100(116(10,11)12)49-89(108(87)140-76-124(28)63-132-64-124)37-91-51-102(118(16,17)18)53-93(110(91)142-78-126(30)67-134-68-126)39-95-55-104(120(22,23)24)56-96(112(95)144-80-128(32)71-136-72-128)40-94-54-103(119(19,20)21)52-92(111(94)143-79-127(31)69-135-70-127)38-90-50-101(117(13,14)15)48-88(109(90)141-77-125(29)65-133-66-125)36-86-46-99(115(7,8)9)44-84(107(86)139-75-123(27)61-131-62-123)34-82(42-97)105(81)137-73-121(25)57-129-58-121/h41-56H,33-40,57-80H2,1-32H3. The Labute approximate surface area is 865 Å². The largest absolute Gasteiger partial charge is 0.492 e. The van der Waals surface area contributed by atoms with Crippen LogP contribution in [0.4, 0.5) is 0 Å². The third-order valence-corrected chi connectivity index (χ3v) is 31.6. The molecule has 144 heavy (non-hydrogen) atoms. The molecule has 16 heteroatoms. The molecule has 784 valence electrons. The zero-order chi connectivity index (χ0) is 104. The third kappa shape index (κ3) is 24.3. The van der Waals surface area contributed by atoms with Gasteiger partial charge in [0.05, 0.1) is 159 Å². The van der Waals surface area contributed by atoms with Crippen molar-refractivity contribution in [2.45, 2.75) is 316 Å². The van der Waals surface area contributed by atoms with E-state index in [1.807, 2.05) is 0 Å². The first-order chi connectivity index (χ1) is 67.0. The molecule has 8 saturated heterocycles. The molecule has 8 aromatic rings. The number of fused-ring (bicyclic) bond motifs is 16. The van der Waals surface area contributed by atoms with E-state index in [1.165, 1.54) is 44.5 Å². The van der Waals surface area contributed by atoms with Crippen molar-refractivity contribution in [2.24, 2.45) is 43.3 Å². The first-order valence-electron chi connectivity index (χ1n) is 53.9. The number of hydrogen-bond donors (Lipinski definition) is 0. The van der Waals surface area contributed by atoms with E-state index in [2.05, 4.69) is 319 Å². The Morgan fingerprint density at radius 3 is 0.285 bits per heavy atom. The minimum atomic E-state index is -0.315. The van der Waals surface area contributed by atoms with Gasteiger partial charge in [-0.05, 0) is 177 Å². The van der Waals surface area contributed by atoms with Gasteiger partial charge in [0, 0.05) is 94.7 Å². The summed E-state index contributed by atoms with van der Waals surface area (Å²) >= 11 is 0. The van der Waals surface area contributed by atoms with Crippen molar-refractivity contribution in [1.29, 1.82) is 0 Å². The van der Waals surface area contributed by atoms with Crippen LogP contribution in [0, 0.1) is 43.3 Å². The van der Waals surface area contributed by atoms with Crippen molar-refractivity contribution in [1.82, 2.24) is 0 Å². The van der Waals surface area contributed by atoms with E-state index < -0.39 is 0 Å². The average molecular weight is 1970 g/mol. The fourth-order valence-corrected chi connectivity index (χ4v) is 21.0. The van der Waals surface area contributed by atoms with Gasteiger partial charge in [0.25, 0.3) is 0 Å². The summed E-state index contributed by atoms with van der Waals surface area (Å²) in [7, 11) is 0. The molecule has 0 N–H and O–H groups in total. The molecule has 0 unspecified atom stereocenters. The van der Waals surface area contributed by atoms with Crippen molar-refractivity contribution in [3.63, 3.8) is 0 Å². The first-order valence-corrected chi connectivity index (χ1v) is 53.9. The Hall–Kier alpha value is -8.16. The van der Waals surface area contributed by atoms with Crippen molar-refractivity contribution in [3.05, 3.63) is 231 Å². The van der Waals surface area contributed by atoms with E-state index in [4.69, 9.17) is 75.8 Å². The Balaban J connectivity index is 0.988. The zero-order valence-electron chi connectivity index (χ0n) is 94.4. The topological polar surface area (TPSA) is 148 Å². The van der Waals surface area contributed by atoms with Gasteiger partial charge in [-0.15, -0.1) is 0 Å². The Kier molecular flexibility index (Phi) is 29.3. The SMILES string of the molecule is CC1(COc2c3cc(C(C)(C)C)cc2Cc2cc(C(C)(C)C)cc(c2OCC2(C)COC2)Cc2cc(C(C)(C)C)cc(c2OCC2(C)COC2)Cc2cc(C(C)(C)C)cc(c2OCC2(C)COC2)Cc2cc(C(C)(C)C)cc(c2OCC2(C)COC2)Cc2cc(C(C)(C)C)cc(c2OCC2(C)COC2)Cc2cc(C(C)(C)C)cc(c2OCC2(C)COC2)Cc2cc(C(C)(C)C)cc(c2OCC2(C)COC2)C3)COC1. The molecule has 16 bridgehead atoms. The second-order valence-corrected chi connectivity index (χ2v) is 57.1. The smallest absolute Gasteiger partial charge is 0.126 e. The van der Waals surface area contributed by atoms with Crippen LogP contribution in [-0.2, 0) is 133 Å². The lowest BCUT2D eigenvalue weighted by atomic mass is 9.79. The van der Waals surface area contributed by atoms with E-state index in [0.29, 0.717) is 210 Å². The monoisotopic (exact) mass is 1970 g/mol. The molecule has 0 spiro atoms. The fourth-order valence-electron chi connectivity index (χ4n) is 21.0. The van der Waals surface area contributed by atoms with E-state index in [0.717, 1.165) is 135 Å². The van der Waals surface area contributed by atoms with Gasteiger partial charge in [-0.1, -0.05) is 319 Å². The molecule has 16 nitrogen and oxygen atoms in total. The number of hydrogen-bond acceptors (Lipinski definition) is 16. The minimum Gasteiger partial charge on any atom is -0.492 e. The molecule has 8 aromatic carbocycles. The highest BCUT2D eigenvalue weighted by Gasteiger charge is 2.45. The molecule has 8 heterocycles. The van der Waals surface area contributed by atoms with Gasteiger partial charge >= 0.3 is 0 Å². The summed E-state index contributed by atoms with van der Waals surface area (Å²) in [6.45, 7) is 88.3. The molecule has 0 radical (unpaired) electrons. The number of ether oxygens (including phenoxy) is 16. The second kappa shape index (κ2) is 39.3. The molecule has 1 aliphatic carbocycles. The molecular weight excluding hydrogens is 1790 g/mol. The summed E-state index contributed by atoms with van der Waals surface area (Å²) in [5.41, 5.74) is 22.9. The predicted octanol–water partition coefficient (Wildman–Crippen LogP) is 26.4. The zero-order valence-corrected chi connectivity index (χ0v) is 94.4. The Morgan fingerprint density at radius 1 is 0.153 bits per heavy atom. The van der Waals surface area contributed by atoms with Gasteiger partial charge in [0.2, 0.25) is 0 Å². The Morgan fingerprint density at radius 2 is 0.229 bits per heavy atom. The summed E-state index contributed by atoms with van der Waals surface area (Å²) in [5.74, 6) is 7.01. The van der Waals surface area contributed by atoms with Crippen LogP contribution in [-0.4, -0.2) is 159 Å². The highest BCUT2D eigenvalue weighted by atomic mass is 16.6. The highest BCUT2D eigenvalue weighted by Crippen LogP contribution is 2.52. The quantitative estimate of drug-likeness (QED) is 0.0564. The van der Waals surface area contributed by atoms with Crippen LogP contribution in [0.25, 0.3) is 0 Å². The first kappa shape index (κ1) is 107. The van der Waals surface area contributed by atoms with E-state index >= 15 is 0 Å². The second-order valence-electron chi connectivity index (χ2n) is 57.1. The maximum absolute atomic E-state index is 7.84. The third-order valence-electron chi connectivity index (χ3n) is 31.6. The van der Waals surface area contributed by atoms with Gasteiger partial charge < -0.3 is 75.8 Å². The van der Waals surface area contributed by atoms with E-state index in [9.17, 15) is 0 Å². The Bertz CT molecular complexity index is 4740. The van der Waals surface area contributed by atoms with Crippen molar-refractivity contribution in [2.75, 3.05) is 159 Å². The molecule has 9 aliphatic rings. The van der Waals surface area contributed by atoms with E-state index in [-0.39, 0.29) is 86.6 Å². The molecular formula is C128H176O16.